The molecule has 2 rings (SSSR count). The van der Waals surface area contributed by atoms with Crippen LogP contribution in [0.25, 0.3) is 0 Å². The van der Waals surface area contributed by atoms with E-state index in [4.69, 9.17) is 0 Å². The molecule has 2 saturated heterocycles. The largest absolute Gasteiger partial charge is 0.319 e. The Balaban J connectivity index is 2.09. The monoisotopic (exact) mass is 196 g/mol. The van der Waals surface area contributed by atoms with Crippen molar-refractivity contribution < 1.29 is 0 Å². The highest BCUT2D eigenvalue weighted by Crippen LogP contribution is 2.46. The molecule has 2 fully saturated rings. The molecular formula is C12H24N2. The molecule has 2 aliphatic rings. The van der Waals surface area contributed by atoms with Gasteiger partial charge in [-0.3, -0.25) is 0 Å². The molecule has 1 N–H and O–H groups in total. The van der Waals surface area contributed by atoms with Gasteiger partial charge < -0.3 is 10.2 Å². The van der Waals surface area contributed by atoms with Crippen molar-refractivity contribution >= 4 is 0 Å². The van der Waals surface area contributed by atoms with Gasteiger partial charge in [-0.2, -0.15) is 0 Å². The Labute approximate surface area is 88.1 Å². The van der Waals surface area contributed by atoms with Crippen LogP contribution in [0.15, 0.2) is 0 Å². The van der Waals surface area contributed by atoms with Crippen LogP contribution in [-0.2, 0) is 0 Å². The number of nitrogens with one attached hydrogen (secondary N) is 1. The fourth-order valence-electron chi connectivity index (χ4n) is 3.60. The Hall–Kier alpha value is -0.0800. The van der Waals surface area contributed by atoms with E-state index in [1.54, 1.807) is 0 Å². The van der Waals surface area contributed by atoms with Gasteiger partial charge in [-0.15, -0.1) is 0 Å². The molecule has 82 valence electrons. The predicted octanol–water partition coefficient (Wildman–Crippen LogP) is 1.86. The van der Waals surface area contributed by atoms with Gasteiger partial charge in [0, 0.05) is 18.6 Å². The molecule has 2 bridgehead atoms. The Morgan fingerprint density at radius 1 is 1.29 bits per heavy atom. The smallest absolute Gasteiger partial charge is 0.0101 e. The van der Waals surface area contributed by atoms with Crippen LogP contribution in [0.4, 0.5) is 0 Å². The second kappa shape index (κ2) is 3.82. The first-order chi connectivity index (χ1) is 6.71. The van der Waals surface area contributed by atoms with E-state index in [1.165, 1.54) is 38.6 Å². The predicted molar refractivity (Wildman–Crippen MR) is 60.5 cm³/mol. The van der Waals surface area contributed by atoms with Gasteiger partial charge in [-0.1, -0.05) is 6.92 Å². The Bertz CT molecular complexity index is 188. The number of hydrogen-bond acceptors (Lipinski definition) is 2. The van der Waals surface area contributed by atoms with Crippen LogP contribution in [0.5, 0.6) is 0 Å². The quantitative estimate of drug-likeness (QED) is 0.741. The molecule has 0 aromatic carbocycles. The molecule has 0 amide bonds. The summed E-state index contributed by atoms with van der Waals surface area (Å²) in [6.07, 6.45) is 7.04. The maximum Gasteiger partial charge on any atom is 0.0101 e. The summed E-state index contributed by atoms with van der Waals surface area (Å²) in [7, 11) is 4.42. The molecule has 0 aromatic heterocycles. The van der Waals surface area contributed by atoms with Crippen LogP contribution in [-0.4, -0.2) is 37.6 Å². The van der Waals surface area contributed by atoms with E-state index in [0.717, 1.165) is 12.1 Å². The summed E-state index contributed by atoms with van der Waals surface area (Å²) >= 11 is 0. The first-order valence-corrected chi connectivity index (χ1v) is 6.07. The molecular weight excluding hydrogens is 172 g/mol. The second-order valence-electron chi connectivity index (χ2n) is 5.34. The van der Waals surface area contributed by atoms with E-state index in [2.05, 4.69) is 31.2 Å². The second-order valence-corrected chi connectivity index (χ2v) is 5.34. The van der Waals surface area contributed by atoms with Crippen molar-refractivity contribution in [1.82, 2.24) is 10.2 Å². The Morgan fingerprint density at radius 2 is 1.86 bits per heavy atom. The molecule has 0 spiro atoms. The summed E-state index contributed by atoms with van der Waals surface area (Å²) in [6, 6.07) is 1.75. The molecule has 2 heterocycles. The fourth-order valence-corrected chi connectivity index (χ4v) is 3.60. The van der Waals surface area contributed by atoms with Crippen LogP contribution in [0.1, 0.15) is 39.0 Å². The number of rotatable bonds is 3. The minimum atomic E-state index is 0.604. The average molecular weight is 196 g/mol. The van der Waals surface area contributed by atoms with Crippen molar-refractivity contribution in [2.24, 2.45) is 5.41 Å². The minimum absolute atomic E-state index is 0.604. The van der Waals surface area contributed by atoms with Gasteiger partial charge in [-0.25, -0.2) is 0 Å². The first kappa shape index (κ1) is 10.4. The normalized spacial score (nSPS) is 43.1. The molecule has 2 nitrogen and oxygen atoms in total. The van der Waals surface area contributed by atoms with Gasteiger partial charge in [0.25, 0.3) is 0 Å². The molecule has 2 unspecified atom stereocenters. The highest BCUT2D eigenvalue weighted by atomic mass is 15.2. The van der Waals surface area contributed by atoms with Crippen LogP contribution in [0.3, 0.4) is 0 Å². The molecule has 0 aliphatic carbocycles. The first-order valence-electron chi connectivity index (χ1n) is 6.07. The standard InChI is InChI=1S/C12H24N2/c1-4-12(9-13-2)7-10-5-6-11(8-12)14(10)3/h10-11,13H,4-9H2,1-3H3. The van der Waals surface area contributed by atoms with Crippen LogP contribution >= 0.6 is 0 Å². The zero-order valence-electron chi connectivity index (χ0n) is 9.84. The lowest BCUT2D eigenvalue weighted by Crippen LogP contribution is -2.48. The van der Waals surface area contributed by atoms with E-state index >= 15 is 0 Å². The third-order valence-electron chi connectivity index (χ3n) is 4.62. The summed E-state index contributed by atoms with van der Waals surface area (Å²) < 4.78 is 0. The van der Waals surface area contributed by atoms with E-state index in [-0.39, 0.29) is 0 Å². The van der Waals surface area contributed by atoms with Crippen molar-refractivity contribution in [3.05, 3.63) is 0 Å². The van der Waals surface area contributed by atoms with Gasteiger partial charge in [0.2, 0.25) is 0 Å². The van der Waals surface area contributed by atoms with Gasteiger partial charge in [0.15, 0.2) is 0 Å². The summed E-state index contributed by atoms with van der Waals surface area (Å²) in [5, 5.41) is 3.39. The molecule has 2 aliphatic heterocycles. The van der Waals surface area contributed by atoms with Crippen LogP contribution in [0, 0.1) is 5.41 Å². The van der Waals surface area contributed by atoms with Gasteiger partial charge in [0.1, 0.15) is 0 Å². The van der Waals surface area contributed by atoms with Gasteiger partial charge in [0.05, 0.1) is 0 Å². The lowest BCUT2D eigenvalue weighted by molar-refractivity contribution is 0.0578. The summed E-state index contributed by atoms with van der Waals surface area (Å²) in [6.45, 7) is 3.58. The van der Waals surface area contributed by atoms with Crippen molar-refractivity contribution in [3.63, 3.8) is 0 Å². The number of piperidine rings is 1. The Kier molecular flexibility index (Phi) is 2.85. The highest BCUT2D eigenvalue weighted by molar-refractivity contribution is 5.00. The Morgan fingerprint density at radius 3 is 2.29 bits per heavy atom. The average Bonchev–Trinajstić information content (AvgIpc) is 2.42. The molecule has 2 heteroatoms. The summed E-state index contributed by atoms with van der Waals surface area (Å²) in [4.78, 5) is 2.63. The topological polar surface area (TPSA) is 15.3 Å². The zero-order valence-corrected chi connectivity index (χ0v) is 9.84. The molecule has 0 saturated carbocycles. The maximum absolute atomic E-state index is 3.39. The summed E-state index contributed by atoms with van der Waals surface area (Å²) in [5.74, 6) is 0. The van der Waals surface area contributed by atoms with Crippen LogP contribution in [0.2, 0.25) is 0 Å². The van der Waals surface area contributed by atoms with Crippen molar-refractivity contribution in [3.8, 4) is 0 Å². The van der Waals surface area contributed by atoms with Gasteiger partial charge >= 0.3 is 0 Å². The highest BCUT2D eigenvalue weighted by Gasteiger charge is 2.45. The van der Waals surface area contributed by atoms with Gasteiger partial charge in [-0.05, 0) is 51.6 Å². The van der Waals surface area contributed by atoms with Crippen LogP contribution < -0.4 is 5.32 Å². The SMILES string of the molecule is CCC1(CNC)CC2CCC(C1)N2C. The zero-order chi connectivity index (χ0) is 10.2. The minimum Gasteiger partial charge on any atom is -0.319 e. The molecule has 2 atom stereocenters. The number of nitrogens with zero attached hydrogens (tertiary/aromatic N) is 1. The maximum atomic E-state index is 3.39. The summed E-state index contributed by atoms with van der Waals surface area (Å²) in [5.41, 5.74) is 0.604. The van der Waals surface area contributed by atoms with E-state index in [9.17, 15) is 0 Å². The number of hydrogen-bond donors (Lipinski definition) is 1. The molecule has 14 heavy (non-hydrogen) atoms. The molecule has 0 radical (unpaired) electrons. The van der Waals surface area contributed by atoms with Crippen molar-refractivity contribution in [2.45, 2.75) is 51.1 Å². The van der Waals surface area contributed by atoms with Crippen molar-refractivity contribution in [2.75, 3.05) is 20.6 Å². The molecule has 0 aromatic rings. The van der Waals surface area contributed by atoms with Crippen molar-refractivity contribution in [1.29, 1.82) is 0 Å². The third-order valence-corrected chi connectivity index (χ3v) is 4.62. The van der Waals surface area contributed by atoms with E-state index < -0.39 is 0 Å². The van der Waals surface area contributed by atoms with E-state index in [0.29, 0.717) is 5.41 Å². The van der Waals surface area contributed by atoms with E-state index in [1.807, 2.05) is 0 Å². The number of fused-ring (bicyclic) bond motifs is 2. The lowest BCUT2D eigenvalue weighted by atomic mass is 9.73. The third kappa shape index (κ3) is 1.59. The fraction of sp³-hybridized carbons (Fsp3) is 1.00. The lowest BCUT2D eigenvalue weighted by Gasteiger charge is -2.45.